The van der Waals surface area contributed by atoms with Crippen LogP contribution in [-0.4, -0.2) is 54.1 Å². The summed E-state index contributed by atoms with van der Waals surface area (Å²) in [7, 11) is 0. The van der Waals surface area contributed by atoms with Gasteiger partial charge in [-0.1, -0.05) is 0 Å². The number of aromatic amines is 2. The van der Waals surface area contributed by atoms with Crippen LogP contribution in [0, 0.1) is 20.8 Å². The average Bonchev–Trinajstić information content (AvgIpc) is 3.10. The highest BCUT2D eigenvalue weighted by atomic mass is 16.3. The first kappa shape index (κ1) is 22.0. The van der Waals surface area contributed by atoms with Crippen LogP contribution >= 0.6 is 0 Å². The lowest BCUT2D eigenvalue weighted by atomic mass is 9.88. The Kier molecular flexibility index (Phi) is 5.54. The minimum atomic E-state index is -1.31. The molecule has 2 atom stereocenters. The van der Waals surface area contributed by atoms with Crippen molar-refractivity contribution in [3.05, 3.63) is 61.7 Å². The fourth-order valence-corrected chi connectivity index (χ4v) is 4.45. The predicted octanol–water partition coefficient (Wildman–Crippen LogP) is 1.50. The van der Waals surface area contributed by atoms with E-state index in [0.29, 0.717) is 24.9 Å². The van der Waals surface area contributed by atoms with Gasteiger partial charge in [0, 0.05) is 31.1 Å². The van der Waals surface area contributed by atoms with Crippen LogP contribution in [0.25, 0.3) is 11.0 Å². The molecule has 0 bridgehead atoms. The van der Waals surface area contributed by atoms with E-state index in [4.69, 9.17) is 0 Å². The summed E-state index contributed by atoms with van der Waals surface area (Å²) in [6, 6.07) is 3.57. The van der Waals surface area contributed by atoms with Gasteiger partial charge >= 0.3 is 5.69 Å². The number of benzene rings is 1. The molecule has 4 rings (SSSR count). The van der Waals surface area contributed by atoms with E-state index >= 15 is 0 Å². The Morgan fingerprint density at radius 3 is 2.62 bits per heavy atom. The monoisotopic (exact) mass is 439 g/mol. The largest absolute Gasteiger partial charge is 0.386 e. The van der Waals surface area contributed by atoms with Gasteiger partial charge in [-0.15, -0.1) is 0 Å². The van der Waals surface area contributed by atoms with Gasteiger partial charge in [0.25, 0.3) is 5.56 Å². The molecule has 1 fully saturated rings. The second-order valence-corrected chi connectivity index (χ2v) is 9.09. The molecular formula is C23H29N5O4. The summed E-state index contributed by atoms with van der Waals surface area (Å²) in [5, 5.41) is 11.1. The van der Waals surface area contributed by atoms with Crippen LogP contribution in [0.1, 0.15) is 48.3 Å². The summed E-state index contributed by atoms with van der Waals surface area (Å²) in [6.07, 6.45) is 2.64. The molecule has 1 aliphatic rings. The van der Waals surface area contributed by atoms with E-state index in [1.807, 2.05) is 13.0 Å². The number of carbonyl (C=O) groups excluding carboxylic acids is 1. The second-order valence-electron chi connectivity index (χ2n) is 9.09. The number of fused-ring (bicyclic) bond motifs is 1. The molecule has 0 radical (unpaired) electrons. The van der Waals surface area contributed by atoms with Crippen molar-refractivity contribution in [1.29, 1.82) is 0 Å². The number of piperidine rings is 1. The predicted molar refractivity (Wildman–Crippen MR) is 121 cm³/mol. The van der Waals surface area contributed by atoms with Gasteiger partial charge in [-0.05, 0) is 57.4 Å². The summed E-state index contributed by atoms with van der Waals surface area (Å²) >= 11 is 0. The number of imidazole rings is 1. The third-order valence-corrected chi connectivity index (χ3v) is 6.46. The number of hydrogen-bond acceptors (Lipinski definition) is 5. The van der Waals surface area contributed by atoms with Crippen LogP contribution in [0.4, 0.5) is 0 Å². The van der Waals surface area contributed by atoms with Gasteiger partial charge in [0.1, 0.15) is 11.4 Å². The standard InChI is InChI=1S/C23H29N5O4/c1-13-9-16-17(10-14(13)2)25-19(24-16)5-6-20(29)27-8-7-18(23(4,32)12-27)28-11-15(3)21(30)26-22(28)31/h9-11,18,32H,5-8,12H2,1-4H3,(H,24,25)(H,26,30,31)/t18-,23-/m0/s1. The Balaban J connectivity index is 1.43. The number of nitrogens with one attached hydrogen (secondary N) is 2. The first-order valence-corrected chi connectivity index (χ1v) is 10.8. The number of rotatable bonds is 4. The highest BCUT2D eigenvalue weighted by molar-refractivity contribution is 5.78. The van der Waals surface area contributed by atoms with Crippen LogP contribution < -0.4 is 11.2 Å². The number of aromatic nitrogens is 4. The molecule has 1 amide bonds. The Labute approximate surface area is 185 Å². The smallest absolute Gasteiger partial charge is 0.328 e. The van der Waals surface area contributed by atoms with Crippen LogP contribution in [0.5, 0.6) is 0 Å². The molecule has 0 spiro atoms. The topological polar surface area (TPSA) is 124 Å². The maximum atomic E-state index is 12.8. The fourth-order valence-electron chi connectivity index (χ4n) is 4.45. The molecule has 170 valence electrons. The number of amides is 1. The fraction of sp³-hybridized carbons (Fsp3) is 0.478. The Bertz CT molecular complexity index is 1260. The van der Waals surface area contributed by atoms with Crippen molar-refractivity contribution in [2.24, 2.45) is 0 Å². The maximum absolute atomic E-state index is 12.8. The van der Waals surface area contributed by atoms with Crippen LogP contribution in [0.15, 0.2) is 27.9 Å². The normalized spacial score (nSPS) is 21.3. The molecule has 0 unspecified atom stereocenters. The number of hydrogen-bond donors (Lipinski definition) is 3. The van der Waals surface area contributed by atoms with Gasteiger partial charge in [-0.3, -0.25) is 19.1 Å². The molecule has 3 heterocycles. The zero-order chi connectivity index (χ0) is 23.2. The minimum absolute atomic E-state index is 0.0680. The Morgan fingerprint density at radius 1 is 1.19 bits per heavy atom. The molecule has 1 aliphatic heterocycles. The van der Waals surface area contributed by atoms with Crippen molar-refractivity contribution in [3.8, 4) is 0 Å². The number of H-pyrrole nitrogens is 2. The van der Waals surface area contributed by atoms with Gasteiger partial charge in [0.15, 0.2) is 0 Å². The summed E-state index contributed by atoms with van der Waals surface area (Å²) in [6.45, 7) is 7.86. The zero-order valence-electron chi connectivity index (χ0n) is 18.9. The number of aryl methyl sites for hydroxylation is 4. The molecule has 3 N–H and O–H groups in total. The summed E-state index contributed by atoms with van der Waals surface area (Å²) in [4.78, 5) is 48.6. The van der Waals surface area contributed by atoms with Crippen molar-refractivity contribution in [3.63, 3.8) is 0 Å². The number of β-amino-alcohol motifs (C(OH)–C–C–N with tert-alkyl or cyclic N) is 1. The van der Waals surface area contributed by atoms with Crippen molar-refractivity contribution < 1.29 is 9.90 Å². The van der Waals surface area contributed by atoms with Crippen molar-refractivity contribution in [2.75, 3.05) is 13.1 Å². The second kappa shape index (κ2) is 8.05. The average molecular weight is 440 g/mol. The highest BCUT2D eigenvalue weighted by Gasteiger charge is 2.41. The number of nitrogens with zero attached hydrogens (tertiary/aromatic N) is 3. The molecule has 32 heavy (non-hydrogen) atoms. The zero-order valence-corrected chi connectivity index (χ0v) is 18.9. The van der Waals surface area contributed by atoms with Crippen molar-refractivity contribution in [1.82, 2.24) is 24.4 Å². The summed E-state index contributed by atoms with van der Waals surface area (Å²) in [5.41, 5.74) is 2.31. The third kappa shape index (κ3) is 4.12. The van der Waals surface area contributed by atoms with Gasteiger partial charge in [0.2, 0.25) is 5.91 Å². The SMILES string of the molecule is Cc1cc2nc(CCC(=O)N3CC[C@H](n4cc(C)c(=O)[nH]c4=O)[C@@](C)(O)C3)[nH]c2cc1C. The number of likely N-dealkylation sites (tertiary alicyclic amines) is 1. The Morgan fingerprint density at radius 2 is 1.91 bits per heavy atom. The molecule has 2 aromatic heterocycles. The maximum Gasteiger partial charge on any atom is 0.328 e. The third-order valence-electron chi connectivity index (χ3n) is 6.46. The van der Waals surface area contributed by atoms with Crippen molar-refractivity contribution in [2.45, 2.75) is 58.6 Å². The van der Waals surface area contributed by atoms with E-state index in [-0.39, 0.29) is 18.9 Å². The molecule has 9 heteroatoms. The highest BCUT2D eigenvalue weighted by Crippen LogP contribution is 2.31. The number of carbonyl (C=O) groups is 1. The molecule has 0 aliphatic carbocycles. The van der Waals surface area contributed by atoms with Crippen molar-refractivity contribution >= 4 is 16.9 Å². The first-order chi connectivity index (χ1) is 15.0. The van der Waals surface area contributed by atoms with Gasteiger partial charge in [0.05, 0.1) is 23.6 Å². The molecule has 9 nitrogen and oxygen atoms in total. The lowest BCUT2D eigenvalue weighted by Gasteiger charge is -2.43. The summed E-state index contributed by atoms with van der Waals surface area (Å²) < 4.78 is 1.37. The quantitative estimate of drug-likeness (QED) is 0.568. The molecule has 1 saturated heterocycles. The van der Waals surface area contributed by atoms with Gasteiger partial charge in [-0.2, -0.15) is 0 Å². The van der Waals surface area contributed by atoms with Gasteiger partial charge < -0.3 is 15.0 Å². The van der Waals surface area contributed by atoms with Gasteiger partial charge in [-0.25, -0.2) is 9.78 Å². The van der Waals surface area contributed by atoms with E-state index in [2.05, 4.69) is 27.9 Å². The van der Waals surface area contributed by atoms with E-state index in [9.17, 15) is 19.5 Å². The van der Waals surface area contributed by atoms with Crippen LogP contribution in [-0.2, 0) is 11.2 Å². The lowest BCUT2D eigenvalue weighted by Crippen LogP contribution is -2.56. The number of aliphatic hydroxyl groups is 1. The molecule has 0 saturated carbocycles. The molecule has 1 aromatic carbocycles. The molecule has 3 aromatic rings. The van der Waals surface area contributed by atoms with Crippen LogP contribution in [0.3, 0.4) is 0 Å². The van der Waals surface area contributed by atoms with E-state index in [1.165, 1.54) is 21.9 Å². The lowest BCUT2D eigenvalue weighted by molar-refractivity contribution is -0.140. The first-order valence-electron chi connectivity index (χ1n) is 10.8. The molecular weight excluding hydrogens is 410 g/mol. The summed E-state index contributed by atoms with van der Waals surface area (Å²) in [5.74, 6) is 0.691. The minimum Gasteiger partial charge on any atom is -0.386 e. The van der Waals surface area contributed by atoms with E-state index < -0.39 is 22.9 Å². The van der Waals surface area contributed by atoms with E-state index in [1.54, 1.807) is 18.7 Å². The Hall–Kier alpha value is -3.20. The van der Waals surface area contributed by atoms with Crippen LogP contribution in [0.2, 0.25) is 0 Å². The van der Waals surface area contributed by atoms with E-state index in [0.717, 1.165) is 16.9 Å².